The third-order valence-electron chi connectivity index (χ3n) is 3.12. The van der Waals surface area contributed by atoms with Gasteiger partial charge in [-0.3, -0.25) is 0 Å². The summed E-state index contributed by atoms with van der Waals surface area (Å²) in [6, 6.07) is 19.2. The van der Waals surface area contributed by atoms with Crippen molar-refractivity contribution in [2.45, 2.75) is 0 Å². The van der Waals surface area contributed by atoms with E-state index in [1.807, 2.05) is 42.5 Å². The highest BCUT2D eigenvalue weighted by Gasteiger charge is 2.07. The Hall–Kier alpha value is -2.51. The molecule has 0 saturated carbocycles. The lowest BCUT2D eigenvalue weighted by Crippen LogP contribution is -2.31. The van der Waals surface area contributed by atoms with Crippen LogP contribution < -0.4 is 9.64 Å². The third kappa shape index (κ3) is 4.23. The molecule has 0 aliphatic rings. The lowest BCUT2D eigenvalue weighted by atomic mass is 10.2. The van der Waals surface area contributed by atoms with E-state index in [2.05, 4.69) is 11.0 Å². The Morgan fingerprint density at radius 1 is 1.00 bits per heavy atom. The van der Waals surface area contributed by atoms with Crippen molar-refractivity contribution in [1.29, 1.82) is 5.26 Å². The molecule has 21 heavy (non-hydrogen) atoms. The summed E-state index contributed by atoms with van der Waals surface area (Å²) in [5.74, 6) is 0.594. The smallest absolute Gasteiger partial charge is 0.137 e. The zero-order chi connectivity index (χ0) is 14.9. The van der Waals surface area contributed by atoms with Gasteiger partial charge in [-0.05, 0) is 24.3 Å². The van der Waals surface area contributed by atoms with Gasteiger partial charge in [-0.2, -0.15) is 5.26 Å². The summed E-state index contributed by atoms with van der Waals surface area (Å²) in [6.07, 6.45) is 0. The Bertz CT molecular complexity index is 593. The van der Waals surface area contributed by atoms with Crippen molar-refractivity contribution < 1.29 is 9.84 Å². The highest BCUT2D eigenvalue weighted by molar-refractivity contribution is 5.46. The van der Waals surface area contributed by atoms with E-state index in [-0.39, 0.29) is 6.61 Å². The van der Waals surface area contributed by atoms with Crippen molar-refractivity contribution in [2.75, 3.05) is 31.2 Å². The van der Waals surface area contributed by atoms with Gasteiger partial charge in [0.05, 0.1) is 18.7 Å². The SMILES string of the molecule is N#Cc1ccccc1OCCN(CCO)c1ccccc1. The van der Waals surface area contributed by atoms with Gasteiger partial charge in [0, 0.05) is 12.2 Å². The van der Waals surface area contributed by atoms with Gasteiger partial charge in [0.15, 0.2) is 0 Å². The number of para-hydroxylation sites is 2. The summed E-state index contributed by atoms with van der Waals surface area (Å²) in [4.78, 5) is 2.05. The van der Waals surface area contributed by atoms with Crippen LogP contribution in [0, 0.1) is 11.3 Å². The minimum absolute atomic E-state index is 0.0870. The number of aliphatic hydroxyl groups is 1. The Morgan fingerprint density at radius 2 is 1.71 bits per heavy atom. The molecule has 0 aromatic heterocycles. The van der Waals surface area contributed by atoms with Gasteiger partial charge in [0.25, 0.3) is 0 Å². The monoisotopic (exact) mass is 282 g/mol. The number of nitrogens with zero attached hydrogens (tertiary/aromatic N) is 2. The molecule has 4 nitrogen and oxygen atoms in total. The molecular formula is C17H18N2O2. The molecule has 2 rings (SSSR count). The summed E-state index contributed by atoms with van der Waals surface area (Å²) < 4.78 is 5.68. The summed E-state index contributed by atoms with van der Waals surface area (Å²) >= 11 is 0. The van der Waals surface area contributed by atoms with Gasteiger partial charge in [-0.1, -0.05) is 30.3 Å². The lowest BCUT2D eigenvalue weighted by Gasteiger charge is -2.24. The second kappa shape index (κ2) is 7.93. The molecule has 0 aliphatic heterocycles. The number of benzene rings is 2. The molecule has 2 aromatic rings. The van der Waals surface area contributed by atoms with Crippen LogP contribution in [0.15, 0.2) is 54.6 Å². The molecule has 0 fully saturated rings. The van der Waals surface area contributed by atoms with Crippen molar-refractivity contribution in [3.63, 3.8) is 0 Å². The first kappa shape index (κ1) is 14.9. The molecule has 108 valence electrons. The first-order valence-electron chi connectivity index (χ1n) is 6.88. The lowest BCUT2D eigenvalue weighted by molar-refractivity contribution is 0.289. The van der Waals surface area contributed by atoms with E-state index in [4.69, 9.17) is 10.00 Å². The number of hydrogen-bond acceptors (Lipinski definition) is 4. The fourth-order valence-corrected chi connectivity index (χ4v) is 2.08. The Morgan fingerprint density at radius 3 is 2.43 bits per heavy atom. The number of ether oxygens (including phenoxy) is 1. The van der Waals surface area contributed by atoms with Crippen LogP contribution in [0.4, 0.5) is 5.69 Å². The second-order valence-corrected chi connectivity index (χ2v) is 4.50. The quantitative estimate of drug-likeness (QED) is 0.847. The number of aliphatic hydroxyl groups excluding tert-OH is 1. The molecule has 0 amide bonds. The molecule has 2 aromatic carbocycles. The molecule has 0 aliphatic carbocycles. The first-order chi connectivity index (χ1) is 10.3. The first-order valence-corrected chi connectivity index (χ1v) is 6.88. The van der Waals surface area contributed by atoms with Gasteiger partial charge >= 0.3 is 0 Å². The average molecular weight is 282 g/mol. The predicted octanol–water partition coefficient (Wildman–Crippen LogP) is 2.44. The zero-order valence-electron chi connectivity index (χ0n) is 11.8. The summed E-state index contributed by atoms with van der Waals surface area (Å²) in [7, 11) is 0. The van der Waals surface area contributed by atoms with Gasteiger partial charge in [0.1, 0.15) is 18.4 Å². The van der Waals surface area contributed by atoms with E-state index in [0.717, 1.165) is 5.69 Å². The van der Waals surface area contributed by atoms with Gasteiger partial charge in [0.2, 0.25) is 0 Å². The van der Waals surface area contributed by atoms with Crippen molar-refractivity contribution in [3.05, 3.63) is 60.2 Å². The third-order valence-corrected chi connectivity index (χ3v) is 3.12. The summed E-state index contributed by atoms with van der Waals surface area (Å²) in [5, 5.41) is 18.2. The largest absolute Gasteiger partial charge is 0.490 e. The van der Waals surface area contributed by atoms with Crippen LogP contribution in [0.25, 0.3) is 0 Å². The maximum atomic E-state index is 9.17. The Labute approximate surface area is 124 Å². The van der Waals surface area contributed by atoms with Crippen molar-refractivity contribution in [2.24, 2.45) is 0 Å². The Balaban J connectivity index is 1.95. The molecular weight excluding hydrogens is 264 g/mol. The Kier molecular flexibility index (Phi) is 5.62. The standard InChI is InChI=1S/C17H18N2O2/c18-14-15-6-4-5-9-17(15)21-13-11-19(10-12-20)16-7-2-1-3-8-16/h1-9,20H,10-13H2. The van der Waals surface area contributed by atoms with Crippen molar-refractivity contribution >= 4 is 5.69 Å². The fourth-order valence-electron chi connectivity index (χ4n) is 2.08. The topological polar surface area (TPSA) is 56.5 Å². The highest BCUT2D eigenvalue weighted by atomic mass is 16.5. The molecule has 0 spiro atoms. The maximum Gasteiger partial charge on any atom is 0.137 e. The molecule has 0 heterocycles. The minimum atomic E-state index is 0.0870. The maximum absolute atomic E-state index is 9.17. The van der Waals surface area contributed by atoms with Crippen LogP contribution in [-0.4, -0.2) is 31.4 Å². The number of hydrogen-bond donors (Lipinski definition) is 1. The molecule has 0 saturated heterocycles. The predicted molar refractivity (Wildman–Crippen MR) is 82.4 cm³/mol. The van der Waals surface area contributed by atoms with Gasteiger partial charge < -0.3 is 14.7 Å². The summed E-state index contributed by atoms with van der Waals surface area (Å²) in [6.45, 7) is 1.73. The van der Waals surface area contributed by atoms with E-state index >= 15 is 0 Å². The summed E-state index contributed by atoms with van der Waals surface area (Å²) in [5.41, 5.74) is 1.58. The van der Waals surface area contributed by atoms with Crippen molar-refractivity contribution in [1.82, 2.24) is 0 Å². The van der Waals surface area contributed by atoms with E-state index in [1.165, 1.54) is 0 Å². The highest BCUT2D eigenvalue weighted by Crippen LogP contribution is 2.17. The van der Waals surface area contributed by atoms with Crippen LogP contribution in [0.1, 0.15) is 5.56 Å². The van der Waals surface area contributed by atoms with Crippen LogP contribution >= 0.6 is 0 Å². The zero-order valence-corrected chi connectivity index (χ0v) is 11.8. The molecule has 0 radical (unpaired) electrons. The number of rotatable bonds is 7. The van der Waals surface area contributed by atoms with E-state index in [0.29, 0.717) is 31.0 Å². The van der Waals surface area contributed by atoms with Crippen LogP contribution in [-0.2, 0) is 0 Å². The van der Waals surface area contributed by atoms with Crippen LogP contribution in [0.3, 0.4) is 0 Å². The fraction of sp³-hybridized carbons (Fsp3) is 0.235. The van der Waals surface area contributed by atoms with Crippen molar-refractivity contribution in [3.8, 4) is 11.8 Å². The minimum Gasteiger partial charge on any atom is -0.490 e. The second-order valence-electron chi connectivity index (χ2n) is 4.50. The average Bonchev–Trinajstić information content (AvgIpc) is 2.55. The van der Waals surface area contributed by atoms with Gasteiger partial charge in [-0.15, -0.1) is 0 Å². The van der Waals surface area contributed by atoms with E-state index < -0.39 is 0 Å². The molecule has 0 bridgehead atoms. The number of nitriles is 1. The van der Waals surface area contributed by atoms with Gasteiger partial charge in [-0.25, -0.2) is 0 Å². The van der Waals surface area contributed by atoms with Crippen LogP contribution in [0.2, 0.25) is 0 Å². The number of anilines is 1. The normalized spacial score (nSPS) is 9.90. The molecule has 0 unspecified atom stereocenters. The van der Waals surface area contributed by atoms with E-state index in [9.17, 15) is 5.11 Å². The van der Waals surface area contributed by atoms with Crippen LogP contribution in [0.5, 0.6) is 5.75 Å². The molecule has 1 N–H and O–H groups in total. The molecule has 4 heteroatoms. The molecule has 0 atom stereocenters. The van der Waals surface area contributed by atoms with E-state index in [1.54, 1.807) is 12.1 Å².